The van der Waals surface area contributed by atoms with Crippen molar-refractivity contribution in [2.75, 3.05) is 30.9 Å². The fourth-order valence-electron chi connectivity index (χ4n) is 6.30. The van der Waals surface area contributed by atoms with Gasteiger partial charge in [0, 0.05) is 38.3 Å². The van der Waals surface area contributed by atoms with Gasteiger partial charge in [-0.1, -0.05) is 12.8 Å². The van der Waals surface area contributed by atoms with Gasteiger partial charge in [-0.15, -0.1) is 0 Å². The first-order chi connectivity index (χ1) is 19.1. The summed E-state index contributed by atoms with van der Waals surface area (Å²) in [6, 6.07) is 6.23. The van der Waals surface area contributed by atoms with Crippen LogP contribution in [-0.2, 0) is 4.74 Å². The smallest absolute Gasteiger partial charge is 0.412 e. The Bertz CT molecular complexity index is 1420. The van der Waals surface area contributed by atoms with Crippen molar-refractivity contribution in [3.8, 4) is 0 Å². The van der Waals surface area contributed by atoms with E-state index < -0.39 is 5.60 Å². The number of aromatic nitrogens is 4. The third-order valence-corrected chi connectivity index (χ3v) is 8.05. The summed E-state index contributed by atoms with van der Waals surface area (Å²) in [5.74, 6) is 1.03. The molecule has 1 saturated carbocycles. The van der Waals surface area contributed by atoms with E-state index in [1.165, 1.54) is 0 Å². The molecule has 0 aromatic carbocycles. The van der Waals surface area contributed by atoms with Gasteiger partial charge in [-0.05, 0) is 64.7 Å². The van der Waals surface area contributed by atoms with Gasteiger partial charge in [0.05, 0.1) is 17.9 Å². The van der Waals surface area contributed by atoms with Gasteiger partial charge in [-0.3, -0.25) is 9.69 Å². The highest BCUT2D eigenvalue weighted by Gasteiger charge is 2.49. The summed E-state index contributed by atoms with van der Waals surface area (Å²) < 4.78 is 7.77. The molecule has 6 rings (SSSR count). The van der Waals surface area contributed by atoms with E-state index in [9.17, 15) is 9.59 Å². The van der Waals surface area contributed by atoms with E-state index in [0.717, 1.165) is 61.8 Å². The van der Waals surface area contributed by atoms with Crippen LogP contribution >= 0.6 is 0 Å². The van der Waals surface area contributed by atoms with Gasteiger partial charge in [0.2, 0.25) is 5.95 Å². The highest BCUT2D eigenvalue weighted by molar-refractivity contribution is 5.98. The summed E-state index contributed by atoms with van der Waals surface area (Å²) >= 11 is 0. The highest BCUT2D eigenvalue weighted by atomic mass is 16.6. The van der Waals surface area contributed by atoms with E-state index in [1.807, 2.05) is 50.1 Å². The Kier molecular flexibility index (Phi) is 6.54. The predicted molar refractivity (Wildman–Crippen MR) is 153 cm³/mol. The SMILES string of the molecule is CN(C)C(=O)c1cc2cnc(Nc3ccc(N4CC5CCC4N5C(=O)OC(C)(C)C)cn3)nc2n1C1CCCC1. The number of nitrogens with zero attached hydrogens (tertiary/aromatic N) is 7. The molecule has 2 atom stereocenters. The number of pyridine rings is 1. The molecular weight excluding hydrogens is 508 g/mol. The van der Waals surface area contributed by atoms with E-state index in [2.05, 4.69) is 24.8 Å². The second-order valence-electron chi connectivity index (χ2n) is 12.3. The molecule has 1 aliphatic carbocycles. The zero-order valence-electron chi connectivity index (χ0n) is 23.9. The lowest BCUT2D eigenvalue weighted by atomic mass is 10.1. The van der Waals surface area contributed by atoms with E-state index in [-0.39, 0.29) is 30.2 Å². The fraction of sp³-hybridized carbons (Fsp3) is 0.552. The number of hydrogen-bond acceptors (Lipinski definition) is 8. The number of carbonyl (C=O) groups is 2. The lowest BCUT2D eigenvalue weighted by Crippen LogP contribution is -2.42. The summed E-state index contributed by atoms with van der Waals surface area (Å²) in [5.41, 5.74) is 1.86. The molecule has 3 fully saturated rings. The first-order valence-electron chi connectivity index (χ1n) is 14.2. The van der Waals surface area contributed by atoms with Crippen molar-refractivity contribution < 1.29 is 14.3 Å². The molecule has 0 radical (unpaired) electrons. The molecule has 1 N–H and O–H groups in total. The van der Waals surface area contributed by atoms with Crippen LogP contribution in [0.5, 0.6) is 0 Å². The number of hydrogen-bond donors (Lipinski definition) is 1. The monoisotopic (exact) mass is 546 g/mol. The Labute approximate surface area is 234 Å². The Hall–Kier alpha value is -3.89. The quantitative estimate of drug-likeness (QED) is 0.480. The van der Waals surface area contributed by atoms with Crippen molar-refractivity contribution in [1.82, 2.24) is 29.3 Å². The molecule has 3 aliphatic rings. The van der Waals surface area contributed by atoms with Crippen LogP contribution in [0.2, 0.25) is 0 Å². The number of nitrogens with one attached hydrogen (secondary N) is 1. The molecule has 5 heterocycles. The molecule has 2 saturated heterocycles. The lowest BCUT2D eigenvalue weighted by Gasteiger charge is -2.30. The van der Waals surface area contributed by atoms with Crippen molar-refractivity contribution in [2.45, 2.75) is 83.1 Å². The van der Waals surface area contributed by atoms with Crippen molar-refractivity contribution in [1.29, 1.82) is 0 Å². The zero-order chi connectivity index (χ0) is 28.2. The van der Waals surface area contributed by atoms with E-state index in [1.54, 1.807) is 25.2 Å². The maximum atomic E-state index is 13.0. The molecule has 11 nitrogen and oxygen atoms in total. The number of piperidine rings is 1. The van der Waals surface area contributed by atoms with Crippen molar-refractivity contribution >= 4 is 40.5 Å². The molecule has 212 valence electrons. The van der Waals surface area contributed by atoms with Gasteiger partial charge in [-0.2, -0.15) is 4.98 Å². The molecule has 40 heavy (non-hydrogen) atoms. The van der Waals surface area contributed by atoms with Crippen molar-refractivity contribution in [3.05, 3.63) is 36.3 Å². The summed E-state index contributed by atoms with van der Waals surface area (Å²) in [6.45, 7) is 6.45. The molecule has 3 aromatic heterocycles. The Morgan fingerprint density at radius 2 is 1.80 bits per heavy atom. The maximum Gasteiger partial charge on any atom is 0.412 e. The van der Waals surface area contributed by atoms with Crippen molar-refractivity contribution in [2.24, 2.45) is 0 Å². The zero-order valence-corrected chi connectivity index (χ0v) is 23.9. The molecule has 2 aliphatic heterocycles. The topological polar surface area (TPSA) is 109 Å². The lowest BCUT2D eigenvalue weighted by molar-refractivity contribution is 0.0220. The van der Waals surface area contributed by atoms with Gasteiger partial charge in [0.15, 0.2) is 0 Å². The van der Waals surface area contributed by atoms with Gasteiger partial charge in [0.1, 0.15) is 28.9 Å². The number of rotatable bonds is 5. The average Bonchev–Trinajstić information content (AvgIpc) is 3.70. The number of ether oxygens (including phenoxy) is 1. The van der Waals surface area contributed by atoms with Crippen LogP contribution in [0.4, 0.5) is 22.2 Å². The minimum absolute atomic E-state index is 0.0198. The van der Waals surface area contributed by atoms with Crippen LogP contribution in [0.25, 0.3) is 11.0 Å². The van der Waals surface area contributed by atoms with Crippen LogP contribution in [0.3, 0.4) is 0 Å². The van der Waals surface area contributed by atoms with Crippen LogP contribution in [0, 0.1) is 0 Å². The molecule has 2 bridgehead atoms. The number of amides is 2. The molecule has 2 unspecified atom stereocenters. The third-order valence-electron chi connectivity index (χ3n) is 8.05. The summed E-state index contributed by atoms with van der Waals surface area (Å²) in [7, 11) is 3.55. The molecule has 3 aromatic rings. The molecule has 11 heteroatoms. The molecule has 2 amide bonds. The number of anilines is 3. The van der Waals surface area contributed by atoms with Gasteiger partial charge in [-0.25, -0.2) is 14.8 Å². The van der Waals surface area contributed by atoms with Crippen LogP contribution in [-0.4, -0.2) is 79.8 Å². The predicted octanol–water partition coefficient (Wildman–Crippen LogP) is 4.93. The highest BCUT2D eigenvalue weighted by Crippen LogP contribution is 2.39. The van der Waals surface area contributed by atoms with Crippen LogP contribution in [0.1, 0.15) is 75.8 Å². The number of fused-ring (bicyclic) bond motifs is 3. The largest absolute Gasteiger partial charge is 0.444 e. The fourth-order valence-corrected chi connectivity index (χ4v) is 6.30. The number of carbonyl (C=O) groups excluding carboxylic acids is 2. The molecule has 0 spiro atoms. The van der Waals surface area contributed by atoms with E-state index in [0.29, 0.717) is 17.5 Å². The molecular formula is C29H38N8O3. The van der Waals surface area contributed by atoms with E-state index >= 15 is 0 Å². The Morgan fingerprint density at radius 1 is 1.02 bits per heavy atom. The summed E-state index contributed by atoms with van der Waals surface area (Å²) in [5, 5.41) is 4.09. The third kappa shape index (κ3) is 4.82. The standard InChI is InChI=1S/C29H38N8O3/c1-29(2,3)40-28(39)37-21-11-13-24(37)35(17-21)20-10-12-23(30-16-20)32-27-31-15-18-14-22(26(38)34(4)5)36(25(18)33-27)19-8-6-7-9-19/h10,12,14-16,19,21,24H,6-9,11,13,17H2,1-5H3,(H,30,31,32,33). The van der Waals surface area contributed by atoms with Gasteiger partial charge < -0.3 is 24.4 Å². The van der Waals surface area contributed by atoms with Gasteiger partial charge >= 0.3 is 6.09 Å². The second kappa shape index (κ2) is 9.94. The Balaban J connectivity index is 1.21. The average molecular weight is 547 g/mol. The van der Waals surface area contributed by atoms with Crippen molar-refractivity contribution in [3.63, 3.8) is 0 Å². The minimum Gasteiger partial charge on any atom is -0.444 e. The first kappa shape index (κ1) is 26.3. The minimum atomic E-state index is -0.522. The Morgan fingerprint density at radius 3 is 2.48 bits per heavy atom. The normalized spacial score (nSPS) is 20.9. The summed E-state index contributed by atoms with van der Waals surface area (Å²) in [6.07, 6.45) is 9.60. The van der Waals surface area contributed by atoms with Crippen LogP contribution < -0.4 is 10.2 Å². The van der Waals surface area contributed by atoms with E-state index in [4.69, 9.17) is 9.72 Å². The summed E-state index contributed by atoms with van der Waals surface area (Å²) in [4.78, 5) is 45.5. The van der Waals surface area contributed by atoms with Crippen LogP contribution in [0.15, 0.2) is 30.6 Å². The maximum absolute atomic E-state index is 13.0. The first-order valence-corrected chi connectivity index (χ1v) is 14.2. The second-order valence-corrected chi connectivity index (χ2v) is 12.3. The van der Waals surface area contributed by atoms with Gasteiger partial charge in [0.25, 0.3) is 5.91 Å².